The van der Waals surface area contributed by atoms with Gasteiger partial charge >= 0.3 is 0 Å². The van der Waals surface area contributed by atoms with Crippen LogP contribution in [0.25, 0.3) is 0 Å². The van der Waals surface area contributed by atoms with Crippen LogP contribution < -0.4 is 0 Å². The minimum atomic E-state index is 0.683. The average Bonchev–Trinajstić information content (AvgIpc) is 2.50. The summed E-state index contributed by atoms with van der Waals surface area (Å²) in [5.74, 6) is 0.750. The summed E-state index contributed by atoms with van der Waals surface area (Å²) in [6.45, 7) is 0.683. The molecule has 11 heavy (non-hydrogen) atoms. The molecular formula is C9H12O2. The maximum absolute atomic E-state index is 5.32. The Hall–Kier alpha value is -0.920. The van der Waals surface area contributed by atoms with E-state index in [1.54, 1.807) is 7.11 Å². The molecule has 0 aromatic carbocycles. The van der Waals surface area contributed by atoms with Crippen molar-refractivity contribution in [3.8, 4) is 0 Å². The van der Waals surface area contributed by atoms with Gasteiger partial charge in [0.1, 0.15) is 6.61 Å². The Morgan fingerprint density at radius 2 is 2.36 bits per heavy atom. The Morgan fingerprint density at radius 1 is 1.45 bits per heavy atom. The summed E-state index contributed by atoms with van der Waals surface area (Å²) in [4.78, 5) is 0. The zero-order valence-electron chi connectivity index (χ0n) is 6.72. The molecule has 0 atom stereocenters. The third-order valence-electron chi connectivity index (χ3n) is 2.24. The van der Waals surface area contributed by atoms with Crippen LogP contribution in [0.1, 0.15) is 19.3 Å². The smallest absolute Gasteiger partial charge is 0.282 e. The Kier molecular flexibility index (Phi) is 1.60. The van der Waals surface area contributed by atoms with Crippen LogP contribution in [0, 0.1) is 0 Å². The van der Waals surface area contributed by atoms with Crippen molar-refractivity contribution in [2.75, 3.05) is 13.7 Å². The number of ether oxygens (including phenoxy) is 2. The van der Waals surface area contributed by atoms with Gasteiger partial charge < -0.3 is 9.47 Å². The Balaban J connectivity index is 2.33. The van der Waals surface area contributed by atoms with Crippen LogP contribution >= 0.6 is 0 Å². The summed E-state index contributed by atoms with van der Waals surface area (Å²) in [5, 5.41) is 0. The van der Waals surface area contributed by atoms with Gasteiger partial charge in [-0.1, -0.05) is 0 Å². The maximum Gasteiger partial charge on any atom is 0.282 e. The molecule has 0 aromatic rings. The van der Waals surface area contributed by atoms with Gasteiger partial charge in [0.25, 0.3) is 5.95 Å². The maximum atomic E-state index is 5.32. The molecule has 2 rings (SSSR count). The van der Waals surface area contributed by atoms with Crippen molar-refractivity contribution in [2.45, 2.75) is 19.3 Å². The molecule has 2 heteroatoms. The van der Waals surface area contributed by atoms with Gasteiger partial charge in [0.05, 0.1) is 7.11 Å². The van der Waals surface area contributed by atoms with E-state index in [0.717, 1.165) is 12.4 Å². The van der Waals surface area contributed by atoms with Gasteiger partial charge in [-0.25, -0.2) is 0 Å². The van der Waals surface area contributed by atoms with Gasteiger partial charge in [-0.15, -0.1) is 0 Å². The van der Waals surface area contributed by atoms with E-state index < -0.39 is 0 Å². The molecule has 1 heterocycles. The number of hydrogen-bond donors (Lipinski definition) is 0. The highest BCUT2D eigenvalue weighted by molar-refractivity contribution is 5.37. The van der Waals surface area contributed by atoms with E-state index in [2.05, 4.69) is 6.08 Å². The second kappa shape index (κ2) is 2.61. The molecule has 1 aliphatic carbocycles. The van der Waals surface area contributed by atoms with Gasteiger partial charge in [0.2, 0.25) is 0 Å². The van der Waals surface area contributed by atoms with Crippen molar-refractivity contribution in [3.63, 3.8) is 0 Å². The molecule has 60 valence electrons. The zero-order valence-corrected chi connectivity index (χ0v) is 6.72. The number of hydrogen-bond acceptors (Lipinski definition) is 2. The first kappa shape index (κ1) is 6.77. The second-order valence-electron chi connectivity index (χ2n) is 2.86. The molecule has 0 N–H and O–H groups in total. The molecule has 1 saturated carbocycles. The van der Waals surface area contributed by atoms with Crippen LogP contribution in [0.5, 0.6) is 0 Å². The minimum Gasteiger partial charge on any atom is -0.469 e. The van der Waals surface area contributed by atoms with E-state index >= 15 is 0 Å². The molecule has 0 aromatic heterocycles. The van der Waals surface area contributed by atoms with E-state index in [4.69, 9.17) is 9.47 Å². The quantitative estimate of drug-likeness (QED) is 0.572. The standard InChI is InChI=1S/C9H12O2/c1-10-9-8-4-2-3-7(8)5-6-11-9/h5H,2-4,6H2,1H3. The number of allylic oxidation sites excluding steroid dienone is 2. The molecule has 0 radical (unpaired) electrons. The molecule has 1 fully saturated rings. The molecule has 1 aliphatic heterocycles. The van der Waals surface area contributed by atoms with Crippen LogP contribution in [-0.2, 0) is 9.47 Å². The summed E-state index contributed by atoms with van der Waals surface area (Å²) in [5.41, 5.74) is 2.73. The third-order valence-corrected chi connectivity index (χ3v) is 2.24. The highest BCUT2D eigenvalue weighted by Gasteiger charge is 2.22. The summed E-state index contributed by atoms with van der Waals surface area (Å²) >= 11 is 0. The summed E-state index contributed by atoms with van der Waals surface area (Å²) < 4.78 is 10.4. The summed E-state index contributed by atoms with van der Waals surface area (Å²) in [6.07, 6.45) is 5.72. The fourth-order valence-corrected chi connectivity index (χ4v) is 1.71. The van der Waals surface area contributed by atoms with Crippen molar-refractivity contribution in [3.05, 3.63) is 23.2 Å². The van der Waals surface area contributed by atoms with E-state index in [1.807, 2.05) is 0 Å². The predicted molar refractivity (Wildman–Crippen MR) is 41.9 cm³/mol. The van der Waals surface area contributed by atoms with Crippen molar-refractivity contribution in [1.82, 2.24) is 0 Å². The average molecular weight is 152 g/mol. The fraction of sp³-hybridized carbons (Fsp3) is 0.556. The first-order valence-corrected chi connectivity index (χ1v) is 4.01. The predicted octanol–water partition coefficient (Wildman–Crippen LogP) is 1.98. The zero-order chi connectivity index (χ0) is 7.68. The lowest BCUT2D eigenvalue weighted by atomic mass is 10.1. The van der Waals surface area contributed by atoms with E-state index in [9.17, 15) is 0 Å². The van der Waals surface area contributed by atoms with E-state index in [-0.39, 0.29) is 0 Å². The highest BCUT2D eigenvalue weighted by atomic mass is 16.7. The van der Waals surface area contributed by atoms with Crippen LogP contribution in [-0.4, -0.2) is 13.7 Å². The molecule has 0 amide bonds. The molecule has 0 bridgehead atoms. The Morgan fingerprint density at radius 3 is 3.18 bits per heavy atom. The third kappa shape index (κ3) is 1.02. The van der Waals surface area contributed by atoms with Crippen LogP contribution in [0.4, 0.5) is 0 Å². The van der Waals surface area contributed by atoms with Gasteiger partial charge in [0, 0.05) is 5.57 Å². The van der Waals surface area contributed by atoms with Crippen LogP contribution in [0.3, 0.4) is 0 Å². The molecule has 0 unspecified atom stereocenters. The monoisotopic (exact) mass is 152 g/mol. The summed E-state index contributed by atoms with van der Waals surface area (Å²) in [6, 6.07) is 0. The largest absolute Gasteiger partial charge is 0.469 e. The second-order valence-corrected chi connectivity index (χ2v) is 2.86. The Labute approximate surface area is 66.5 Å². The van der Waals surface area contributed by atoms with Crippen LogP contribution in [0.15, 0.2) is 23.2 Å². The van der Waals surface area contributed by atoms with Gasteiger partial charge in [-0.2, -0.15) is 0 Å². The van der Waals surface area contributed by atoms with E-state index in [1.165, 1.54) is 24.0 Å². The van der Waals surface area contributed by atoms with E-state index in [0.29, 0.717) is 6.61 Å². The van der Waals surface area contributed by atoms with Crippen molar-refractivity contribution in [2.24, 2.45) is 0 Å². The van der Waals surface area contributed by atoms with Crippen molar-refractivity contribution in [1.29, 1.82) is 0 Å². The van der Waals surface area contributed by atoms with Gasteiger partial charge in [-0.05, 0) is 30.9 Å². The molecule has 2 aliphatic rings. The van der Waals surface area contributed by atoms with Crippen LogP contribution in [0.2, 0.25) is 0 Å². The number of methoxy groups -OCH3 is 1. The number of fused-ring (bicyclic) bond motifs is 1. The molecule has 2 nitrogen and oxygen atoms in total. The lowest BCUT2D eigenvalue weighted by Crippen LogP contribution is -2.04. The van der Waals surface area contributed by atoms with Gasteiger partial charge in [0.15, 0.2) is 0 Å². The Bertz CT molecular complexity index is 226. The minimum absolute atomic E-state index is 0.683. The first-order valence-electron chi connectivity index (χ1n) is 4.01. The molecular weight excluding hydrogens is 140 g/mol. The van der Waals surface area contributed by atoms with Gasteiger partial charge in [-0.3, -0.25) is 0 Å². The first-order chi connectivity index (χ1) is 5.42. The lowest BCUT2D eigenvalue weighted by Gasteiger charge is -2.15. The van der Waals surface area contributed by atoms with Crippen molar-refractivity contribution < 1.29 is 9.47 Å². The normalized spacial score (nSPS) is 22.5. The van der Waals surface area contributed by atoms with Crippen molar-refractivity contribution >= 4 is 0 Å². The summed E-state index contributed by atoms with van der Waals surface area (Å²) in [7, 11) is 1.67. The fourth-order valence-electron chi connectivity index (χ4n) is 1.71. The lowest BCUT2D eigenvalue weighted by molar-refractivity contribution is 0.0692. The molecule has 0 spiro atoms. The highest BCUT2D eigenvalue weighted by Crippen LogP contribution is 2.35. The SMILES string of the molecule is COC1=C2CCCC2=CCO1. The molecule has 0 saturated heterocycles. The number of rotatable bonds is 1. The topological polar surface area (TPSA) is 18.5 Å².